The number of anilines is 2. The Bertz CT molecular complexity index is 592. The van der Waals surface area contributed by atoms with Gasteiger partial charge in [0.25, 0.3) is 0 Å². The maximum Gasteiger partial charge on any atom is 0.491 e. The molecular formula is C10H4F12N2. The normalized spacial score (nSPS) is 14.0. The van der Waals surface area contributed by atoms with E-state index in [1.54, 1.807) is 0 Å². The smallest absolute Gasteiger partial charge is 0.397 e. The Kier molecular flexibility index (Phi) is 4.60. The van der Waals surface area contributed by atoms with Crippen molar-refractivity contribution >= 4 is 11.4 Å². The summed E-state index contributed by atoms with van der Waals surface area (Å²) in [6, 6.07) is -0.993. The zero-order chi connectivity index (χ0) is 19.3. The van der Waals surface area contributed by atoms with Crippen LogP contribution < -0.4 is 10.6 Å². The third-order valence-electron chi connectivity index (χ3n) is 2.56. The molecule has 2 nitrogen and oxygen atoms in total. The van der Waals surface area contributed by atoms with E-state index in [0.29, 0.717) is 0 Å². The molecule has 0 bridgehead atoms. The van der Waals surface area contributed by atoms with Gasteiger partial charge >= 0.3 is 25.0 Å². The van der Waals surface area contributed by atoms with Gasteiger partial charge in [0.05, 0.1) is 22.5 Å². The number of nitrogen functional groups attached to an aromatic ring is 1. The zero-order valence-electron chi connectivity index (χ0n) is 10.7. The lowest BCUT2D eigenvalue weighted by Crippen LogP contribution is -2.48. The van der Waals surface area contributed by atoms with Gasteiger partial charge in [-0.1, -0.05) is 0 Å². The van der Waals surface area contributed by atoms with Crippen LogP contribution in [0.2, 0.25) is 0 Å². The lowest BCUT2D eigenvalue weighted by atomic mass is 10.0. The van der Waals surface area contributed by atoms with Gasteiger partial charge in [-0.3, -0.25) is 0 Å². The quantitative estimate of drug-likeness (QED) is 0.415. The molecular weight excluding hydrogens is 376 g/mol. The van der Waals surface area contributed by atoms with Crippen molar-refractivity contribution in [3.8, 4) is 0 Å². The van der Waals surface area contributed by atoms with E-state index < -0.39 is 64.5 Å². The minimum Gasteiger partial charge on any atom is -0.397 e. The highest BCUT2D eigenvalue weighted by molar-refractivity contribution is 5.74. The van der Waals surface area contributed by atoms with E-state index in [4.69, 9.17) is 0 Å². The standard InChI is InChI=1S/C10H4F12N2/c11-7(12,13)3-1-2-4(6(23)5(3)8(14,15)16)24(9(17,18)19)10(20,21)22/h1-2H,23H2. The Morgan fingerprint density at radius 3 is 1.38 bits per heavy atom. The first-order chi connectivity index (χ1) is 10.4. The minimum absolute atomic E-state index is 0.436. The van der Waals surface area contributed by atoms with E-state index in [-0.39, 0.29) is 0 Å². The number of benzene rings is 1. The van der Waals surface area contributed by atoms with Crippen molar-refractivity contribution in [2.75, 3.05) is 10.6 Å². The summed E-state index contributed by atoms with van der Waals surface area (Å²) in [6.45, 7) is 0. The van der Waals surface area contributed by atoms with E-state index in [0.717, 1.165) is 0 Å². The van der Waals surface area contributed by atoms with Gasteiger partial charge in [-0.2, -0.15) is 31.2 Å². The van der Waals surface area contributed by atoms with Gasteiger partial charge in [0.1, 0.15) is 0 Å². The maximum atomic E-state index is 12.7. The van der Waals surface area contributed by atoms with Crippen LogP contribution in [0.25, 0.3) is 0 Å². The lowest BCUT2D eigenvalue weighted by molar-refractivity contribution is -0.226. The van der Waals surface area contributed by atoms with Crippen molar-refractivity contribution in [2.45, 2.75) is 25.0 Å². The number of nitrogens with zero attached hydrogens (tertiary/aromatic N) is 1. The Hall–Kier alpha value is -2.02. The van der Waals surface area contributed by atoms with Crippen molar-refractivity contribution in [1.29, 1.82) is 0 Å². The molecule has 1 aromatic rings. The van der Waals surface area contributed by atoms with Gasteiger partial charge in [0, 0.05) is 0 Å². The van der Waals surface area contributed by atoms with E-state index in [1.165, 1.54) is 0 Å². The third kappa shape index (κ3) is 3.90. The first-order valence-corrected chi connectivity index (χ1v) is 5.39. The Morgan fingerprint density at radius 2 is 1.08 bits per heavy atom. The van der Waals surface area contributed by atoms with Crippen LogP contribution in [0, 0.1) is 0 Å². The number of halogens is 12. The molecule has 0 aromatic heterocycles. The number of rotatable bonds is 1. The highest BCUT2D eigenvalue weighted by Crippen LogP contribution is 2.49. The molecule has 0 atom stereocenters. The van der Waals surface area contributed by atoms with E-state index >= 15 is 0 Å². The monoisotopic (exact) mass is 380 g/mol. The molecule has 0 aliphatic carbocycles. The number of hydrogen-bond acceptors (Lipinski definition) is 2. The highest BCUT2D eigenvalue weighted by Gasteiger charge is 2.56. The third-order valence-corrected chi connectivity index (χ3v) is 2.56. The van der Waals surface area contributed by atoms with Crippen LogP contribution >= 0.6 is 0 Å². The van der Waals surface area contributed by atoms with E-state index in [1.807, 2.05) is 0 Å². The summed E-state index contributed by atoms with van der Waals surface area (Å²) in [7, 11) is 0. The molecule has 0 saturated heterocycles. The number of alkyl halides is 12. The summed E-state index contributed by atoms with van der Waals surface area (Å²) in [4.78, 5) is -2.41. The molecule has 0 unspecified atom stereocenters. The van der Waals surface area contributed by atoms with Crippen molar-refractivity contribution in [3.63, 3.8) is 0 Å². The Labute approximate surface area is 124 Å². The predicted molar refractivity (Wildman–Crippen MR) is 55.4 cm³/mol. The second-order valence-corrected chi connectivity index (χ2v) is 4.19. The summed E-state index contributed by atoms with van der Waals surface area (Å²) >= 11 is 0. The van der Waals surface area contributed by atoms with E-state index in [2.05, 4.69) is 5.73 Å². The predicted octanol–water partition coefficient (Wildman–Crippen LogP) is 5.15. The maximum absolute atomic E-state index is 12.7. The zero-order valence-corrected chi connectivity index (χ0v) is 10.7. The molecule has 0 aliphatic rings. The molecule has 14 heteroatoms. The summed E-state index contributed by atoms with van der Waals surface area (Å²) in [5.41, 5.74) is -5.43. The molecule has 1 aromatic carbocycles. The summed E-state index contributed by atoms with van der Waals surface area (Å²) in [5.74, 6) is 0. The molecule has 0 heterocycles. The van der Waals surface area contributed by atoms with Crippen LogP contribution in [0.1, 0.15) is 11.1 Å². The fraction of sp³-hybridized carbons (Fsp3) is 0.400. The SMILES string of the molecule is Nc1c(N(C(F)(F)F)C(F)(F)F)ccc(C(F)(F)F)c1C(F)(F)F. The average Bonchev–Trinajstić information content (AvgIpc) is 2.24. The van der Waals surface area contributed by atoms with Crippen LogP contribution in [0.15, 0.2) is 12.1 Å². The van der Waals surface area contributed by atoms with Gasteiger partial charge in [-0.25, -0.2) is 0 Å². The highest BCUT2D eigenvalue weighted by atomic mass is 19.4. The Morgan fingerprint density at radius 1 is 0.667 bits per heavy atom. The minimum atomic E-state index is -6.28. The van der Waals surface area contributed by atoms with E-state index in [9.17, 15) is 52.7 Å². The molecule has 2 N–H and O–H groups in total. The fourth-order valence-corrected chi connectivity index (χ4v) is 1.76. The Balaban J connectivity index is 3.82. The van der Waals surface area contributed by atoms with Crippen molar-refractivity contribution in [3.05, 3.63) is 23.3 Å². The molecule has 0 saturated carbocycles. The largest absolute Gasteiger partial charge is 0.491 e. The van der Waals surface area contributed by atoms with Crippen LogP contribution in [-0.4, -0.2) is 12.6 Å². The first-order valence-electron chi connectivity index (χ1n) is 5.39. The molecule has 0 amide bonds. The summed E-state index contributed by atoms with van der Waals surface area (Å²) < 4.78 is 151. The molecule has 138 valence electrons. The average molecular weight is 380 g/mol. The van der Waals surface area contributed by atoms with Crippen LogP contribution in [-0.2, 0) is 12.4 Å². The van der Waals surface area contributed by atoms with Gasteiger partial charge in [-0.15, -0.1) is 26.3 Å². The molecule has 0 fully saturated rings. The summed E-state index contributed by atoms with van der Waals surface area (Å²) in [5, 5.41) is 0. The van der Waals surface area contributed by atoms with Gasteiger partial charge in [0.15, 0.2) is 0 Å². The van der Waals surface area contributed by atoms with Gasteiger partial charge in [-0.05, 0) is 12.1 Å². The van der Waals surface area contributed by atoms with Crippen molar-refractivity contribution < 1.29 is 52.7 Å². The van der Waals surface area contributed by atoms with Gasteiger partial charge < -0.3 is 5.73 Å². The fourth-order valence-electron chi connectivity index (χ4n) is 1.76. The van der Waals surface area contributed by atoms with Gasteiger partial charge in [0.2, 0.25) is 0 Å². The van der Waals surface area contributed by atoms with Crippen LogP contribution in [0.4, 0.5) is 64.1 Å². The van der Waals surface area contributed by atoms with Crippen molar-refractivity contribution in [2.24, 2.45) is 0 Å². The second kappa shape index (κ2) is 5.51. The van der Waals surface area contributed by atoms with Crippen molar-refractivity contribution in [1.82, 2.24) is 0 Å². The lowest BCUT2D eigenvalue weighted by Gasteiger charge is -2.31. The molecule has 0 aliphatic heterocycles. The topological polar surface area (TPSA) is 29.3 Å². The molecule has 0 radical (unpaired) electrons. The number of hydrogen-bond donors (Lipinski definition) is 1. The summed E-state index contributed by atoms with van der Waals surface area (Å²) in [6.07, 6.45) is -24.2. The van der Waals surface area contributed by atoms with Crippen LogP contribution in [0.5, 0.6) is 0 Å². The molecule has 24 heavy (non-hydrogen) atoms. The second-order valence-electron chi connectivity index (χ2n) is 4.19. The number of nitrogens with two attached hydrogens (primary N) is 1. The van der Waals surface area contributed by atoms with Crippen LogP contribution in [0.3, 0.4) is 0 Å². The molecule has 1 rings (SSSR count). The molecule has 0 spiro atoms. The first kappa shape index (κ1) is 20.0.